The third kappa shape index (κ3) is 55.3. The lowest BCUT2D eigenvalue weighted by Gasteiger charge is -2.18. The zero-order valence-corrected chi connectivity index (χ0v) is 45.8. The second-order valence-corrected chi connectivity index (χ2v) is 19.2. The van der Waals surface area contributed by atoms with E-state index in [1.165, 1.54) is 116 Å². The first-order valence-corrected chi connectivity index (χ1v) is 29.2. The molecule has 0 N–H and O–H groups in total. The fourth-order valence-electron chi connectivity index (χ4n) is 7.89. The van der Waals surface area contributed by atoms with Gasteiger partial charge in [0.1, 0.15) is 13.2 Å². The Labute approximate surface area is 432 Å². The van der Waals surface area contributed by atoms with Crippen LogP contribution in [0.2, 0.25) is 0 Å². The minimum absolute atomic E-state index is 0.100. The van der Waals surface area contributed by atoms with E-state index in [1.807, 2.05) is 0 Å². The molecule has 0 saturated heterocycles. The van der Waals surface area contributed by atoms with Gasteiger partial charge < -0.3 is 14.2 Å². The number of unbranched alkanes of at least 4 members (excludes halogenated alkanes) is 25. The summed E-state index contributed by atoms with van der Waals surface area (Å²) in [4.78, 5) is 38.1. The molecule has 0 fully saturated rings. The van der Waals surface area contributed by atoms with Crippen LogP contribution < -0.4 is 0 Å². The van der Waals surface area contributed by atoms with E-state index < -0.39 is 6.10 Å². The maximum atomic E-state index is 12.8. The molecule has 6 nitrogen and oxygen atoms in total. The summed E-state index contributed by atoms with van der Waals surface area (Å²) in [6.45, 7) is 6.43. The largest absolute Gasteiger partial charge is 0.462 e. The summed E-state index contributed by atoms with van der Waals surface area (Å²) in [7, 11) is 0. The van der Waals surface area contributed by atoms with E-state index in [0.717, 1.165) is 109 Å². The number of esters is 3. The van der Waals surface area contributed by atoms with Crippen molar-refractivity contribution in [2.24, 2.45) is 0 Å². The molecule has 0 aliphatic heterocycles. The van der Waals surface area contributed by atoms with Crippen LogP contribution in [0.25, 0.3) is 0 Å². The normalized spacial score (nSPS) is 12.8. The molecule has 0 aromatic carbocycles. The highest BCUT2D eigenvalue weighted by molar-refractivity contribution is 5.71. The lowest BCUT2D eigenvalue weighted by molar-refractivity contribution is -0.167. The third-order valence-corrected chi connectivity index (χ3v) is 12.3. The topological polar surface area (TPSA) is 78.9 Å². The molecule has 0 aromatic rings. The number of carbonyl (C=O) groups excluding carboxylic acids is 3. The zero-order chi connectivity index (χ0) is 50.7. The van der Waals surface area contributed by atoms with Crippen molar-refractivity contribution in [3.8, 4) is 0 Å². The highest BCUT2D eigenvalue weighted by atomic mass is 16.6. The predicted octanol–water partition coefficient (Wildman–Crippen LogP) is 19.7. The summed E-state index contributed by atoms with van der Waals surface area (Å²) in [5, 5.41) is 0. The van der Waals surface area contributed by atoms with Crippen LogP contribution in [0.3, 0.4) is 0 Å². The minimum Gasteiger partial charge on any atom is -0.462 e. The summed E-state index contributed by atoms with van der Waals surface area (Å²) in [6, 6.07) is 0. The van der Waals surface area contributed by atoms with Gasteiger partial charge in [0.05, 0.1) is 0 Å². The van der Waals surface area contributed by atoms with Gasteiger partial charge in [0.25, 0.3) is 0 Å². The Hall–Kier alpha value is -3.67. The monoisotopic (exact) mass is 973 g/mol. The molecule has 400 valence electrons. The number of allylic oxidation sites excluding steroid dienone is 16. The van der Waals surface area contributed by atoms with Crippen molar-refractivity contribution in [3.05, 3.63) is 97.2 Å². The van der Waals surface area contributed by atoms with Gasteiger partial charge in [0, 0.05) is 19.3 Å². The molecule has 6 heteroatoms. The molecule has 0 saturated carbocycles. The summed E-state index contributed by atoms with van der Waals surface area (Å²) in [6.07, 6.45) is 76.9. The standard InChI is InChI=1S/C64H108O6/c1-4-7-10-13-16-19-22-25-28-29-30-31-32-33-34-35-37-39-42-45-48-51-54-57-63(66)69-60-61(59-68-62(65)56-53-50-47-44-41-38-27-24-21-18-15-12-9-6-3)70-64(67)58-55-52-49-46-43-40-36-26-23-20-17-14-11-8-5-2/h8,11,15,17-18,20,22,24-27,29-30,36,43,46,61H,4-7,9-10,12-14,16,19,21,23,28,31-35,37-42,44-45,47-60H2,1-3H3/b11-8-,18-15-,20-17-,25-22-,27-24-,30-29-,36-26-,46-43-. The molecule has 0 spiro atoms. The second kappa shape index (κ2) is 57.9. The van der Waals surface area contributed by atoms with Crippen molar-refractivity contribution in [2.45, 2.75) is 277 Å². The van der Waals surface area contributed by atoms with E-state index in [1.54, 1.807) is 0 Å². The maximum absolute atomic E-state index is 12.8. The SMILES string of the molecule is CC/C=C\C/C=C\C/C=C\C/C=C\CCCCC(=O)OC(COC(=O)CCCCCCC/C=C\C/C=C\CCCC)COC(=O)CCCCCCCCCCCCC/C=C\C/C=C\CCCCCCC. The Balaban J connectivity index is 4.39. The molecule has 0 heterocycles. The molecular weight excluding hydrogens is 865 g/mol. The minimum atomic E-state index is -0.807. The molecule has 0 aromatic heterocycles. The van der Waals surface area contributed by atoms with Gasteiger partial charge >= 0.3 is 17.9 Å². The number of carbonyl (C=O) groups is 3. The zero-order valence-electron chi connectivity index (χ0n) is 45.8. The average molecular weight is 974 g/mol. The Morgan fingerprint density at radius 1 is 0.300 bits per heavy atom. The number of rotatable bonds is 52. The van der Waals surface area contributed by atoms with E-state index in [0.29, 0.717) is 19.3 Å². The quantitative estimate of drug-likeness (QED) is 0.0262. The van der Waals surface area contributed by atoms with Crippen LogP contribution in [0, 0.1) is 0 Å². The van der Waals surface area contributed by atoms with Crippen LogP contribution in [-0.2, 0) is 28.6 Å². The van der Waals surface area contributed by atoms with Crippen LogP contribution >= 0.6 is 0 Å². The molecule has 1 atom stereocenters. The van der Waals surface area contributed by atoms with Crippen LogP contribution in [0.5, 0.6) is 0 Å². The summed E-state index contributed by atoms with van der Waals surface area (Å²) >= 11 is 0. The highest BCUT2D eigenvalue weighted by Gasteiger charge is 2.19. The maximum Gasteiger partial charge on any atom is 0.306 e. The van der Waals surface area contributed by atoms with Gasteiger partial charge in [-0.05, 0) is 116 Å². The first-order valence-electron chi connectivity index (χ1n) is 29.2. The third-order valence-electron chi connectivity index (χ3n) is 12.3. The molecule has 0 aliphatic rings. The van der Waals surface area contributed by atoms with Gasteiger partial charge in [0.15, 0.2) is 6.10 Å². The van der Waals surface area contributed by atoms with Crippen molar-refractivity contribution in [3.63, 3.8) is 0 Å². The molecule has 0 radical (unpaired) electrons. The van der Waals surface area contributed by atoms with E-state index in [4.69, 9.17) is 14.2 Å². The highest BCUT2D eigenvalue weighted by Crippen LogP contribution is 2.15. The van der Waals surface area contributed by atoms with E-state index in [2.05, 4.69) is 118 Å². The molecule has 0 aliphatic carbocycles. The smallest absolute Gasteiger partial charge is 0.306 e. The Morgan fingerprint density at radius 3 is 0.943 bits per heavy atom. The number of hydrogen-bond donors (Lipinski definition) is 0. The van der Waals surface area contributed by atoms with Gasteiger partial charge in [-0.25, -0.2) is 0 Å². The van der Waals surface area contributed by atoms with Crippen molar-refractivity contribution < 1.29 is 28.6 Å². The van der Waals surface area contributed by atoms with E-state index in [9.17, 15) is 14.4 Å². The Morgan fingerprint density at radius 2 is 0.571 bits per heavy atom. The molecule has 70 heavy (non-hydrogen) atoms. The lowest BCUT2D eigenvalue weighted by Crippen LogP contribution is -2.30. The molecule has 0 amide bonds. The Bertz CT molecular complexity index is 1400. The van der Waals surface area contributed by atoms with E-state index in [-0.39, 0.29) is 37.5 Å². The van der Waals surface area contributed by atoms with Crippen molar-refractivity contribution in [1.29, 1.82) is 0 Å². The lowest BCUT2D eigenvalue weighted by atomic mass is 10.0. The average Bonchev–Trinajstić information content (AvgIpc) is 3.36. The number of ether oxygens (including phenoxy) is 3. The Kier molecular flexibility index (Phi) is 54.9. The van der Waals surface area contributed by atoms with Crippen LogP contribution in [0.4, 0.5) is 0 Å². The second-order valence-electron chi connectivity index (χ2n) is 19.2. The first-order chi connectivity index (χ1) is 34.5. The summed E-state index contributed by atoms with van der Waals surface area (Å²) in [5.41, 5.74) is 0. The van der Waals surface area contributed by atoms with E-state index >= 15 is 0 Å². The summed E-state index contributed by atoms with van der Waals surface area (Å²) in [5.74, 6) is -0.956. The summed E-state index contributed by atoms with van der Waals surface area (Å²) < 4.78 is 16.8. The van der Waals surface area contributed by atoms with Crippen LogP contribution in [0.1, 0.15) is 271 Å². The first kappa shape index (κ1) is 66.3. The van der Waals surface area contributed by atoms with Crippen molar-refractivity contribution in [2.75, 3.05) is 13.2 Å². The van der Waals surface area contributed by atoms with Crippen LogP contribution in [-0.4, -0.2) is 37.2 Å². The van der Waals surface area contributed by atoms with Gasteiger partial charge in [-0.2, -0.15) is 0 Å². The van der Waals surface area contributed by atoms with Gasteiger partial charge in [-0.1, -0.05) is 234 Å². The molecule has 0 rings (SSSR count). The molecule has 0 bridgehead atoms. The van der Waals surface area contributed by atoms with Crippen LogP contribution in [0.15, 0.2) is 97.2 Å². The predicted molar refractivity (Wildman–Crippen MR) is 302 cm³/mol. The fourth-order valence-corrected chi connectivity index (χ4v) is 7.89. The number of hydrogen-bond acceptors (Lipinski definition) is 6. The van der Waals surface area contributed by atoms with Gasteiger partial charge in [-0.3, -0.25) is 14.4 Å². The van der Waals surface area contributed by atoms with Crippen molar-refractivity contribution >= 4 is 17.9 Å². The van der Waals surface area contributed by atoms with Crippen molar-refractivity contribution in [1.82, 2.24) is 0 Å². The molecule has 1 unspecified atom stereocenters. The van der Waals surface area contributed by atoms with Gasteiger partial charge in [-0.15, -0.1) is 0 Å². The fraction of sp³-hybridized carbons (Fsp3) is 0.703. The molecular formula is C64H108O6. The van der Waals surface area contributed by atoms with Gasteiger partial charge in [0.2, 0.25) is 0 Å².